The molecule has 0 atom stereocenters. The molecule has 33 heavy (non-hydrogen) atoms. The van der Waals surface area contributed by atoms with Gasteiger partial charge in [0.2, 0.25) is 11.9 Å². The molecule has 0 bridgehead atoms. The first-order chi connectivity index (χ1) is 15.7. The Morgan fingerprint density at radius 1 is 1.15 bits per heavy atom. The normalized spacial score (nSPS) is 13.7. The zero-order valence-electron chi connectivity index (χ0n) is 18.9. The fraction of sp³-hybridized carbons (Fsp3) is 0.391. The highest BCUT2D eigenvalue weighted by molar-refractivity contribution is 14.0. The van der Waals surface area contributed by atoms with Crippen LogP contribution < -0.4 is 20.3 Å². The minimum atomic E-state index is 0. The molecule has 178 valence electrons. The number of aliphatic imine (C=N–C) groups is 1. The van der Waals surface area contributed by atoms with E-state index in [1.165, 1.54) is 0 Å². The number of halogens is 1. The number of amides is 1. The monoisotopic (exact) mass is 565 g/mol. The number of benzene rings is 1. The molecule has 1 aliphatic rings. The maximum Gasteiger partial charge on any atom is 0.225 e. The van der Waals surface area contributed by atoms with Crippen molar-refractivity contribution < 1.29 is 9.53 Å². The van der Waals surface area contributed by atoms with E-state index in [2.05, 4.69) is 37.1 Å². The number of carbonyl (C=O) groups excluding carboxylic acids is 1. The highest BCUT2D eigenvalue weighted by Gasteiger charge is 2.22. The second kappa shape index (κ2) is 14.3. The maximum absolute atomic E-state index is 12.6. The molecule has 0 aliphatic carbocycles. The van der Waals surface area contributed by atoms with Gasteiger partial charge in [-0.3, -0.25) is 9.79 Å². The van der Waals surface area contributed by atoms with Crippen LogP contribution in [0.5, 0.6) is 5.75 Å². The number of ether oxygens (including phenoxy) is 1. The third-order valence-electron chi connectivity index (χ3n) is 5.10. The number of guanidine groups is 1. The average molecular weight is 565 g/mol. The summed E-state index contributed by atoms with van der Waals surface area (Å²) in [7, 11) is 1.71. The molecule has 1 amide bonds. The van der Waals surface area contributed by atoms with Gasteiger partial charge in [-0.2, -0.15) is 0 Å². The Hall–Kier alpha value is -2.89. The van der Waals surface area contributed by atoms with Crippen LogP contribution in [0.2, 0.25) is 0 Å². The Morgan fingerprint density at radius 3 is 2.58 bits per heavy atom. The Labute approximate surface area is 212 Å². The van der Waals surface area contributed by atoms with Crippen LogP contribution in [0, 0.1) is 0 Å². The van der Waals surface area contributed by atoms with Crippen LogP contribution >= 0.6 is 24.0 Å². The van der Waals surface area contributed by atoms with Crippen molar-refractivity contribution in [3.05, 3.63) is 60.9 Å². The van der Waals surface area contributed by atoms with Gasteiger partial charge in [-0.1, -0.05) is 30.9 Å². The Balaban J connectivity index is 0.00000385. The molecular formula is C23H32IN7O2. The summed E-state index contributed by atoms with van der Waals surface area (Å²) in [5.74, 6) is 2.30. The minimum Gasteiger partial charge on any atom is -0.489 e. The first-order valence-corrected chi connectivity index (χ1v) is 10.8. The van der Waals surface area contributed by atoms with Gasteiger partial charge in [0.05, 0.1) is 0 Å². The summed E-state index contributed by atoms with van der Waals surface area (Å²) in [5.41, 5.74) is 1.02. The maximum atomic E-state index is 12.6. The highest BCUT2D eigenvalue weighted by atomic mass is 127. The number of aromatic nitrogens is 2. The molecule has 1 aliphatic heterocycles. The molecule has 0 spiro atoms. The zero-order chi connectivity index (χ0) is 22.6. The van der Waals surface area contributed by atoms with E-state index >= 15 is 0 Å². The van der Waals surface area contributed by atoms with Crippen LogP contribution in [-0.4, -0.2) is 73.1 Å². The summed E-state index contributed by atoms with van der Waals surface area (Å²) >= 11 is 0. The molecular weight excluding hydrogens is 533 g/mol. The van der Waals surface area contributed by atoms with E-state index in [0.717, 1.165) is 24.4 Å². The lowest BCUT2D eigenvalue weighted by atomic mass is 10.2. The van der Waals surface area contributed by atoms with E-state index in [4.69, 9.17) is 4.74 Å². The first-order valence-electron chi connectivity index (χ1n) is 10.8. The van der Waals surface area contributed by atoms with Gasteiger partial charge in [0.1, 0.15) is 12.4 Å². The van der Waals surface area contributed by atoms with Gasteiger partial charge in [0.25, 0.3) is 0 Å². The van der Waals surface area contributed by atoms with Crippen molar-refractivity contribution in [2.24, 2.45) is 4.99 Å². The molecule has 2 heterocycles. The number of nitrogens with zero attached hydrogens (tertiary/aromatic N) is 5. The summed E-state index contributed by atoms with van der Waals surface area (Å²) in [4.78, 5) is 29.4. The van der Waals surface area contributed by atoms with Crippen molar-refractivity contribution in [1.29, 1.82) is 0 Å². The number of carbonyl (C=O) groups is 1. The Morgan fingerprint density at radius 2 is 1.88 bits per heavy atom. The van der Waals surface area contributed by atoms with Crippen LogP contribution in [0.15, 0.2) is 60.4 Å². The average Bonchev–Trinajstić information content (AvgIpc) is 2.85. The smallest absolute Gasteiger partial charge is 0.225 e. The predicted octanol–water partition coefficient (Wildman–Crippen LogP) is 2.06. The van der Waals surface area contributed by atoms with Gasteiger partial charge in [-0.25, -0.2) is 9.97 Å². The van der Waals surface area contributed by atoms with Gasteiger partial charge >= 0.3 is 0 Å². The number of rotatable bonds is 9. The highest BCUT2D eigenvalue weighted by Crippen LogP contribution is 2.17. The molecule has 3 rings (SSSR count). The van der Waals surface area contributed by atoms with Crippen LogP contribution in [0.4, 0.5) is 5.95 Å². The molecule has 0 unspecified atom stereocenters. The van der Waals surface area contributed by atoms with Crippen LogP contribution in [0.3, 0.4) is 0 Å². The number of piperazine rings is 1. The molecule has 1 fully saturated rings. The van der Waals surface area contributed by atoms with Crippen LogP contribution in [0.25, 0.3) is 0 Å². The van der Waals surface area contributed by atoms with E-state index in [0.29, 0.717) is 51.1 Å². The van der Waals surface area contributed by atoms with Crippen molar-refractivity contribution in [3.63, 3.8) is 0 Å². The molecule has 9 nitrogen and oxygen atoms in total. The summed E-state index contributed by atoms with van der Waals surface area (Å²) in [6.45, 7) is 8.03. The molecule has 1 saturated heterocycles. The third-order valence-corrected chi connectivity index (χ3v) is 5.10. The van der Waals surface area contributed by atoms with Crippen molar-refractivity contribution in [2.75, 3.05) is 51.3 Å². The quantitative estimate of drug-likeness (QED) is 0.208. The molecule has 1 aromatic carbocycles. The molecule has 1 aromatic heterocycles. The van der Waals surface area contributed by atoms with Gasteiger partial charge < -0.3 is 25.2 Å². The lowest BCUT2D eigenvalue weighted by Crippen LogP contribution is -2.50. The minimum absolute atomic E-state index is 0. The molecule has 10 heteroatoms. The van der Waals surface area contributed by atoms with E-state index in [1.54, 1.807) is 31.6 Å². The van der Waals surface area contributed by atoms with Crippen molar-refractivity contribution in [1.82, 2.24) is 25.5 Å². The first kappa shape index (κ1) is 26.4. The van der Waals surface area contributed by atoms with Crippen LogP contribution in [-0.2, 0) is 11.3 Å². The molecule has 2 N–H and O–H groups in total. The fourth-order valence-electron chi connectivity index (χ4n) is 3.40. The number of hydrogen-bond acceptors (Lipinski definition) is 6. The Bertz CT molecular complexity index is 903. The fourth-order valence-corrected chi connectivity index (χ4v) is 3.40. The van der Waals surface area contributed by atoms with E-state index < -0.39 is 0 Å². The lowest BCUT2D eigenvalue weighted by molar-refractivity contribution is -0.131. The molecule has 0 saturated carbocycles. The summed E-state index contributed by atoms with van der Waals surface area (Å²) < 4.78 is 5.69. The molecule has 2 aromatic rings. The summed E-state index contributed by atoms with van der Waals surface area (Å²) in [6, 6.07) is 9.64. The number of nitrogens with one attached hydrogen (secondary N) is 2. The zero-order valence-corrected chi connectivity index (χ0v) is 21.3. The van der Waals surface area contributed by atoms with E-state index in [-0.39, 0.29) is 29.9 Å². The van der Waals surface area contributed by atoms with Crippen molar-refractivity contribution in [2.45, 2.75) is 13.0 Å². The standard InChI is InChI=1S/C23H31N7O2.HI/c1-3-17-32-20-8-5-4-7-19(20)18-28-22(24-2)25-12-9-21(31)29-13-15-30(16-14-29)23-26-10-6-11-27-23;/h3-8,10-11H,1,9,12-18H2,2H3,(H2,24,25,28);1H. The third kappa shape index (κ3) is 8.19. The summed E-state index contributed by atoms with van der Waals surface area (Å²) in [5, 5.41) is 6.48. The topological polar surface area (TPSA) is 95.0 Å². The van der Waals surface area contributed by atoms with E-state index in [1.807, 2.05) is 29.2 Å². The van der Waals surface area contributed by atoms with Crippen LogP contribution in [0.1, 0.15) is 12.0 Å². The SMILES string of the molecule is C=CCOc1ccccc1CNC(=NC)NCCC(=O)N1CCN(c2ncccn2)CC1.I. The van der Waals surface area contributed by atoms with Gasteiger partial charge in [0.15, 0.2) is 5.96 Å². The predicted molar refractivity (Wildman–Crippen MR) is 141 cm³/mol. The van der Waals surface area contributed by atoms with Gasteiger partial charge in [0, 0.05) is 70.7 Å². The summed E-state index contributed by atoms with van der Waals surface area (Å²) in [6.07, 6.45) is 5.59. The van der Waals surface area contributed by atoms with E-state index in [9.17, 15) is 4.79 Å². The van der Waals surface area contributed by atoms with Gasteiger partial charge in [-0.15, -0.1) is 24.0 Å². The van der Waals surface area contributed by atoms with Gasteiger partial charge in [-0.05, 0) is 12.1 Å². The lowest BCUT2D eigenvalue weighted by Gasteiger charge is -2.34. The number of para-hydroxylation sites is 1. The number of hydrogen-bond donors (Lipinski definition) is 2. The van der Waals surface area contributed by atoms with Crippen molar-refractivity contribution in [3.8, 4) is 5.75 Å². The second-order valence-corrected chi connectivity index (χ2v) is 7.23. The number of anilines is 1. The molecule has 0 radical (unpaired) electrons. The second-order valence-electron chi connectivity index (χ2n) is 7.23. The largest absolute Gasteiger partial charge is 0.489 e. The Kier molecular flexibility index (Phi) is 11.4. The van der Waals surface area contributed by atoms with Crippen molar-refractivity contribution >= 4 is 41.8 Å².